The first-order valence-electron chi connectivity index (χ1n) is 5.85. The molecule has 1 amide bonds. The smallest absolute Gasteiger partial charge is 0.236 e. The van der Waals surface area contributed by atoms with Crippen LogP contribution in [0.3, 0.4) is 0 Å². The number of amides is 1. The van der Waals surface area contributed by atoms with Gasteiger partial charge < -0.3 is 9.64 Å². The zero-order chi connectivity index (χ0) is 12.0. The zero-order valence-corrected chi connectivity index (χ0v) is 10.4. The molecule has 1 aliphatic heterocycles. The number of likely N-dealkylation sites (N-methyl/N-ethyl adjacent to an activating group) is 1. The molecule has 0 spiro atoms. The van der Waals surface area contributed by atoms with E-state index in [0.717, 1.165) is 31.8 Å². The predicted molar refractivity (Wildman–Crippen MR) is 64.3 cm³/mol. The van der Waals surface area contributed by atoms with E-state index in [1.165, 1.54) is 0 Å². The van der Waals surface area contributed by atoms with Crippen molar-refractivity contribution < 1.29 is 9.53 Å². The Hall–Kier alpha value is -0.870. The SMILES string of the molecule is C=C(C)CN(CC)CC(=O)N1CCOCC1. The topological polar surface area (TPSA) is 32.8 Å². The summed E-state index contributed by atoms with van der Waals surface area (Å²) < 4.78 is 5.22. The summed E-state index contributed by atoms with van der Waals surface area (Å²) in [5.41, 5.74) is 1.09. The van der Waals surface area contributed by atoms with Crippen LogP contribution in [0.4, 0.5) is 0 Å². The van der Waals surface area contributed by atoms with Gasteiger partial charge >= 0.3 is 0 Å². The molecule has 1 aliphatic rings. The van der Waals surface area contributed by atoms with Crippen molar-refractivity contribution in [3.05, 3.63) is 12.2 Å². The van der Waals surface area contributed by atoms with Gasteiger partial charge in [-0.1, -0.05) is 19.1 Å². The van der Waals surface area contributed by atoms with E-state index in [4.69, 9.17) is 4.74 Å². The molecule has 0 aromatic rings. The lowest BCUT2D eigenvalue weighted by atomic mass is 10.3. The van der Waals surface area contributed by atoms with E-state index in [9.17, 15) is 4.79 Å². The fourth-order valence-corrected chi connectivity index (χ4v) is 1.77. The molecule has 1 heterocycles. The summed E-state index contributed by atoms with van der Waals surface area (Å²) in [5.74, 6) is 0.200. The normalized spacial score (nSPS) is 16.6. The van der Waals surface area contributed by atoms with Gasteiger partial charge in [0.2, 0.25) is 5.91 Å². The van der Waals surface area contributed by atoms with Crippen LogP contribution >= 0.6 is 0 Å². The monoisotopic (exact) mass is 226 g/mol. The Morgan fingerprint density at radius 3 is 2.50 bits per heavy atom. The molecule has 0 aromatic carbocycles. The highest BCUT2D eigenvalue weighted by molar-refractivity contribution is 5.78. The average molecular weight is 226 g/mol. The number of hydrogen-bond donors (Lipinski definition) is 0. The second kappa shape index (κ2) is 6.66. The third-order valence-electron chi connectivity index (χ3n) is 2.66. The maximum absolute atomic E-state index is 11.9. The van der Waals surface area contributed by atoms with Crippen molar-refractivity contribution in [2.24, 2.45) is 0 Å². The van der Waals surface area contributed by atoms with E-state index in [1.54, 1.807) is 0 Å². The third-order valence-corrected chi connectivity index (χ3v) is 2.66. The Morgan fingerprint density at radius 1 is 1.38 bits per heavy atom. The highest BCUT2D eigenvalue weighted by atomic mass is 16.5. The van der Waals surface area contributed by atoms with Gasteiger partial charge in [-0.15, -0.1) is 0 Å². The molecule has 0 radical (unpaired) electrons. The fraction of sp³-hybridized carbons (Fsp3) is 0.750. The first-order valence-corrected chi connectivity index (χ1v) is 5.85. The number of carbonyl (C=O) groups excluding carboxylic acids is 1. The standard InChI is InChI=1S/C12H22N2O2/c1-4-13(9-11(2)3)10-12(15)14-5-7-16-8-6-14/h2,4-10H2,1,3H3. The summed E-state index contributed by atoms with van der Waals surface area (Å²) in [6, 6.07) is 0. The van der Waals surface area contributed by atoms with Crippen LogP contribution < -0.4 is 0 Å². The van der Waals surface area contributed by atoms with Gasteiger partial charge in [-0.05, 0) is 13.5 Å². The van der Waals surface area contributed by atoms with Crippen LogP contribution in [0.2, 0.25) is 0 Å². The Bertz CT molecular complexity index is 247. The lowest BCUT2D eigenvalue weighted by Crippen LogP contribution is -2.46. The third kappa shape index (κ3) is 4.33. The summed E-state index contributed by atoms with van der Waals surface area (Å²) in [5, 5.41) is 0. The highest BCUT2D eigenvalue weighted by Gasteiger charge is 2.18. The summed E-state index contributed by atoms with van der Waals surface area (Å²) >= 11 is 0. The van der Waals surface area contributed by atoms with Crippen LogP contribution in [0.5, 0.6) is 0 Å². The van der Waals surface area contributed by atoms with Gasteiger partial charge in [-0.25, -0.2) is 0 Å². The molecule has 1 rings (SSSR count). The van der Waals surface area contributed by atoms with Crippen LogP contribution in [0, 0.1) is 0 Å². The quantitative estimate of drug-likeness (QED) is 0.648. The maximum atomic E-state index is 11.9. The molecular weight excluding hydrogens is 204 g/mol. The fourth-order valence-electron chi connectivity index (χ4n) is 1.77. The van der Waals surface area contributed by atoms with Crippen LogP contribution in [0.1, 0.15) is 13.8 Å². The molecule has 0 saturated carbocycles. The average Bonchev–Trinajstić information content (AvgIpc) is 2.28. The molecule has 4 heteroatoms. The number of nitrogens with zero attached hydrogens (tertiary/aromatic N) is 2. The van der Waals surface area contributed by atoms with Gasteiger partial charge in [0.25, 0.3) is 0 Å². The molecule has 0 bridgehead atoms. The van der Waals surface area contributed by atoms with Gasteiger partial charge in [0.1, 0.15) is 0 Å². The summed E-state index contributed by atoms with van der Waals surface area (Å²) in [6.45, 7) is 12.9. The van der Waals surface area contributed by atoms with E-state index in [-0.39, 0.29) is 5.91 Å². The Balaban J connectivity index is 2.38. The maximum Gasteiger partial charge on any atom is 0.236 e. The molecule has 0 unspecified atom stereocenters. The predicted octanol–water partition coefficient (Wildman–Crippen LogP) is 0.743. The lowest BCUT2D eigenvalue weighted by Gasteiger charge is -2.29. The van der Waals surface area contributed by atoms with E-state index in [0.29, 0.717) is 19.8 Å². The first kappa shape index (κ1) is 13.2. The van der Waals surface area contributed by atoms with Gasteiger partial charge in [0.05, 0.1) is 19.8 Å². The number of hydrogen-bond acceptors (Lipinski definition) is 3. The second-order valence-electron chi connectivity index (χ2n) is 4.25. The van der Waals surface area contributed by atoms with Crippen molar-refractivity contribution in [2.45, 2.75) is 13.8 Å². The van der Waals surface area contributed by atoms with Gasteiger partial charge in [0, 0.05) is 19.6 Å². The number of rotatable bonds is 5. The minimum Gasteiger partial charge on any atom is -0.378 e. The molecule has 0 aliphatic carbocycles. The van der Waals surface area contributed by atoms with Crippen molar-refractivity contribution in [3.8, 4) is 0 Å². The van der Waals surface area contributed by atoms with Gasteiger partial charge in [-0.2, -0.15) is 0 Å². The zero-order valence-electron chi connectivity index (χ0n) is 10.4. The summed E-state index contributed by atoms with van der Waals surface area (Å²) in [7, 11) is 0. The number of morpholine rings is 1. The lowest BCUT2D eigenvalue weighted by molar-refractivity contribution is -0.136. The minimum atomic E-state index is 0.200. The molecule has 0 aromatic heterocycles. The van der Waals surface area contributed by atoms with Crippen LogP contribution in [0.25, 0.3) is 0 Å². The second-order valence-corrected chi connectivity index (χ2v) is 4.25. The van der Waals surface area contributed by atoms with Crippen LogP contribution in [-0.2, 0) is 9.53 Å². The minimum absolute atomic E-state index is 0.200. The molecule has 1 fully saturated rings. The molecule has 0 N–H and O–H groups in total. The molecular formula is C12H22N2O2. The van der Waals surface area contributed by atoms with Gasteiger partial charge in [-0.3, -0.25) is 9.69 Å². The van der Waals surface area contributed by atoms with Crippen molar-refractivity contribution in [1.82, 2.24) is 9.80 Å². The number of carbonyl (C=O) groups is 1. The molecule has 0 atom stereocenters. The Labute approximate surface area is 97.9 Å². The van der Waals surface area contributed by atoms with E-state index in [2.05, 4.69) is 18.4 Å². The van der Waals surface area contributed by atoms with Crippen LogP contribution in [-0.4, -0.2) is 61.6 Å². The van der Waals surface area contributed by atoms with E-state index in [1.807, 2.05) is 11.8 Å². The Kier molecular flexibility index (Phi) is 5.49. The van der Waals surface area contributed by atoms with Crippen molar-refractivity contribution in [1.29, 1.82) is 0 Å². The van der Waals surface area contributed by atoms with Crippen molar-refractivity contribution in [3.63, 3.8) is 0 Å². The number of ether oxygens (including phenoxy) is 1. The van der Waals surface area contributed by atoms with Crippen molar-refractivity contribution in [2.75, 3.05) is 45.9 Å². The molecule has 4 nitrogen and oxygen atoms in total. The highest BCUT2D eigenvalue weighted by Crippen LogP contribution is 2.01. The van der Waals surface area contributed by atoms with Crippen molar-refractivity contribution >= 4 is 5.91 Å². The summed E-state index contributed by atoms with van der Waals surface area (Å²) in [4.78, 5) is 15.9. The first-order chi connectivity index (χ1) is 7.63. The molecule has 1 saturated heterocycles. The van der Waals surface area contributed by atoms with Crippen LogP contribution in [0.15, 0.2) is 12.2 Å². The molecule has 16 heavy (non-hydrogen) atoms. The van der Waals surface area contributed by atoms with E-state index >= 15 is 0 Å². The Morgan fingerprint density at radius 2 is 2.00 bits per heavy atom. The van der Waals surface area contributed by atoms with E-state index < -0.39 is 0 Å². The van der Waals surface area contributed by atoms with Gasteiger partial charge in [0.15, 0.2) is 0 Å². The largest absolute Gasteiger partial charge is 0.378 e. The summed E-state index contributed by atoms with van der Waals surface area (Å²) in [6.07, 6.45) is 0. The molecule has 92 valence electrons.